The van der Waals surface area contributed by atoms with Gasteiger partial charge in [-0.2, -0.15) is 0 Å². The number of nitrogens with zero attached hydrogens (tertiary/aromatic N) is 1. The van der Waals surface area contributed by atoms with Gasteiger partial charge < -0.3 is 14.4 Å². The molecule has 0 bridgehead atoms. The number of aromatic nitrogens is 1. The molecule has 0 aliphatic carbocycles. The smallest absolute Gasteiger partial charge is 0.344 e. The normalized spacial score (nSPS) is 17.6. The van der Waals surface area contributed by atoms with E-state index in [2.05, 4.69) is 21.1 Å². The van der Waals surface area contributed by atoms with Crippen LogP contribution in [0.15, 0.2) is 33.5 Å². The standard InChI is InChI=1S/C13H10BrNO4/c14-8-5-7-1-2-11(13(16)17)19-12(7)9(6-8)10-3-4-18-15-10/h3-6,11H,1-2H2,(H,16,17). The number of benzene rings is 1. The van der Waals surface area contributed by atoms with Crippen molar-refractivity contribution in [2.24, 2.45) is 0 Å². The highest BCUT2D eigenvalue weighted by Gasteiger charge is 2.28. The zero-order valence-corrected chi connectivity index (χ0v) is 11.4. The Labute approximate surface area is 117 Å². The Balaban J connectivity index is 2.11. The molecule has 2 heterocycles. The number of halogens is 1. The third-order valence-electron chi connectivity index (χ3n) is 3.06. The molecule has 1 aliphatic heterocycles. The van der Waals surface area contributed by atoms with E-state index in [4.69, 9.17) is 14.4 Å². The Bertz CT molecular complexity index is 624. The van der Waals surface area contributed by atoms with Crippen molar-refractivity contribution in [3.8, 4) is 17.0 Å². The maximum atomic E-state index is 11.1. The highest BCUT2D eigenvalue weighted by molar-refractivity contribution is 9.10. The fraction of sp³-hybridized carbons (Fsp3) is 0.231. The highest BCUT2D eigenvalue weighted by Crippen LogP contribution is 2.39. The first kappa shape index (κ1) is 12.2. The summed E-state index contributed by atoms with van der Waals surface area (Å²) in [5, 5.41) is 13.0. The van der Waals surface area contributed by atoms with Crippen LogP contribution < -0.4 is 4.74 Å². The highest BCUT2D eigenvalue weighted by atomic mass is 79.9. The third-order valence-corrected chi connectivity index (χ3v) is 3.51. The van der Waals surface area contributed by atoms with Crippen LogP contribution in [0.5, 0.6) is 5.75 Å². The average Bonchev–Trinajstić information content (AvgIpc) is 2.90. The van der Waals surface area contributed by atoms with Gasteiger partial charge in [-0.05, 0) is 30.5 Å². The van der Waals surface area contributed by atoms with Crippen LogP contribution in [0.1, 0.15) is 12.0 Å². The molecule has 1 aliphatic rings. The quantitative estimate of drug-likeness (QED) is 0.919. The van der Waals surface area contributed by atoms with E-state index >= 15 is 0 Å². The number of fused-ring (bicyclic) bond motifs is 1. The second-order valence-electron chi connectivity index (χ2n) is 4.31. The molecule has 1 unspecified atom stereocenters. The van der Waals surface area contributed by atoms with Gasteiger partial charge >= 0.3 is 5.97 Å². The van der Waals surface area contributed by atoms with Crippen molar-refractivity contribution in [1.29, 1.82) is 0 Å². The van der Waals surface area contributed by atoms with Crippen molar-refractivity contribution >= 4 is 21.9 Å². The Morgan fingerprint density at radius 2 is 2.32 bits per heavy atom. The van der Waals surface area contributed by atoms with Crippen molar-refractivity contribution in [3.63, 3.8) is 0 Å². The average molecular weight is 324 g/mol. The second kappa shape index (κ2) is 4.70. The van der Waals surface area contributed by atoms with Crippen LogP contribution in [0, 0.1) is 0 Å². The van der Waals surface area contributed by atoms with E-state index in [1.165, 1.54) is 6.26 Å². The van der Waals surface area contributed by atoms with Gasteiger partial charge in [0.2, 0.25) is 0 Å². The SMILES string of the molecule is O=C(O)C1CCc2cc(Br)cc(-c3ccon3)c2O1. The van der Waals surface area contributed by atoms with Crippen LogP contribution in [-0.4, -0.2) is 22.3 Å². The number of rotatable bonds is 2. The first-order valence-corrected chi connectivity index (χ1v) is 6.57. The van der Waals surface area contributed by atoms with Crippen LogP contribution in [0.4, 0.5) is 0 Å². The largest absolute Gasteiger partial charge is 0.479 e. The first-order chi connectivity index (χ1) is 9.15. The van der Waals surface area contributed by atoms with Gasteiger partial charge in [0.25, 0.3) is 0 Å². The maximum Gasteiger partial charge on any atom is 0.344 e. The molecule has 0 spiro atoms. The first-order valence-electron chi connectivity index (χ1n) is 5.78. The monoisotopic (exact) mass is 323 g/mol. The molecule has 5 nitrogen and oxygen atoms in total. The molecule has 0 fully saturated rings. The predicted octanol–water partition coefficient (Wildman–Crippen LogP) is 2.88. The Kier molecular flexibility index (Phi) is 3.02. The van der Waals surface area contributed by atoms with Crippen LogP contribution >= 0.6 is 15.9 Å². The molecule has 0 saturated heterocycles. The van der Waals surface area contributed by atoms with Gasteiger partial charge in [-0.25, -0.2) is 4.79 Å². The zero-order valence-electron chi connectivity index (χ0n) is 9.80. The van der Waals surface area contributed by atoms with Crippen molar-refractivity contribution in [3.05, 3.63) is 34.5 Å². The lowest BCUT2D eigenvalue weighted by Crippen LogP contribution is -2.31. The molecule has 6 heteroatoms. The lowest BCUT2D eigenvalue weighted by Gasteiger charge is -2.25. The number of hydrogen-bond acceptors (Lipinski definition) is 4. The van der Waals surface area contributed by atoms with E-state index in [1.54, 1.807) is 6.07 Å². The number of aryl methyl sites for hydroxylation is 1. The van der Waals surface area contributed by atoms with Gasteiger partial charge in [0.15, 0.2) is 6.10 Å². The molecule has 3 rings (SSSR count). The number of ether oxygens (including phenoxy) is 1. The molecule has 1 atom stereocenters. The van der Waals surface area contributed by atoms with Gasteiger partial charge in [0.05, 0.1) is 0 Å². The van der Waals surface area contributed by atoms with Crippen LogP contribution in [0.2, 0.25) is 0 Å². The topological polar surface area (TPSA) is 72.6 Å². The maximum absolute atomic E-state index is 11.1. The summed E-state index contributed by atoms with van der Waals surface area (Å²) in [5.41, 5.74) is 2.34. The Morgan fingerprint density at radius 1 is 1.47 bits per heavy atom. The minimum Gasteiger partial charge on any atom is -0.479 e. The van der Waals surface area contributed by atoms with E-state index in [1.807, 2.05) is 12.1 Å². The van der Waals surface area contributed by atoms with Crippen molar-refractivity contribution in [2.75, 3.05) is 0 Å². The van der Waals surface area contributed by atoms with Gasteiger partial charge in [0.1, 0.15) is 17.7 Å². The molecule has 1 N–H and O–H groups in total. The number of carboxylic acids is 1. The van der Waals surface area contributed by atoms with E-state index in [9.17, 15) is 4.79 Å². The summed E-state index contributed by atoms with van der Waals surface area (Å²) in [6, 6.07) is 5.51. The van der Waals surface area contributed by atoms with Crippen LogP contribution in [0.25, 0.3) is 11.3 Å². The molecular weight excluding hydrogens is 314 g/mol. The molecule has 0 saturated carbocycles. The molecular formula is C13H10BrNO4. The molecule has 19 heavy (non-hydrogen) atoms. The van der Waals surface area contributed by atoms with Crippen molar-refractivity contribution in [2.45, 2.75) is 18.9 Å². The molecule has 1 aromatic carbocycles. The fourth-order valence-corrected chi connectivity index (χ4v) is 2.68. The van der Waals surface area contributed by atoms with Crippen molar-refractivity contribution < 1.29 is 19.2 Å². The van der Waals surface area contributed by atoms with Gasteiger partial charge in [0, 0.05) is 16.1 Å². The fourth-order valence-electron chi connectivity index (χ4n) is 2.18. The lowest BCUT2D eigenvalue weighted by atomic mass is 9.98. The Hall–Kier alpha value is -1.82. The molecule has 0 amide bonds. The summed E-state index contributed by atoms with van der Waals surface area (Å²) in [5.74, 6) is -0.365. The van der Waals surface area contributed by atoms with Gasteiger partial charge in [-0.1, -0.05) is 21.1 Å². The van der Waals surface area contributed by atoms with Crippen molar-refractivity contribution in [1.82, 2.24) is 5.16 Å². The lowest BCUT2D eigenvalue weighted by molar-refractivity contribution is -0.145. The molecule has 98 valence electrons. The Morgan fingerprint density at radius 3 is 3.00 bits per heavy atom. The number of aliphatic carboxylic acids is 1. The van der Waals surface area contributed by atoms with Crippen LogP contribution in [-0.2, 0) is 11.2 Å². The van der Waals surface area contributed by atoms with E-state index in [0.717, 1.165) is 15.6 Å². The minimum atomic E-state index is -0.945. The summed E-state index contributed by atoms with van der Waals surface area (Å²) in [7, 11) is 0. The summed E-state index contributed by atoms with van der Waals surface area (Å²) >= 11 is 3.44. The van der Waals surface area contributed by atoms with Crippen LogP contribution in [0.3, 0.4) is 0 Å². The number of carbonyl (C=O) groups is 1. The predicted molar refractivity (Wildman–Crippen MR) is 70.0 cm³/mol. The summed E-state index contributed by atoms with van der Waals surface area (Å²) in [6.45, 7) is 0. The summed E-state index contributed by atoms with van der Waals surface area (Å²) in [6.07, 6.45) is 1.80. The van der Waals surface area contributed by atoms with Gasteiger partial charge in [-0.15, -0.1) is 0 Å². The number of carboxylic acid groups (broad SMARTS) is 1. The molecule has 1 aromatic heterocycles. The number of hydrogen-bond donors (Lipinski definition) is 1. The molecule has 2 aromatic rings. The third kappa shape index (κ3) is 2.23. The molecule has 0 radical (unpaired) electrons. The van der Waals surface area contributed by atoms with E-state index in [-0.39, 0.29) is 0 Å². The minimum absolute atomic E-state index is 0.469. The van der Waals surface area contributed by atoms with E-state index < -0.39 is 12.1 Å². The summed E-state index contributed by atoms with van der Waals surface area (Å²) < 4.78 is 11.3. The zero-order chi connectivity index (χ0) is 13.4. The van der Waals surface area contributed by atoms with Gasteiger partial charge in [-0.3, -0.25) is 0 Å². The summed E-state index contributed by atoms with van der Waals surface area (Å²) in [4.78, 5) is 11.1. The van der Waals surface area contributed by atoms with E-state index in [0.29, 0.717) is 24.3 Å². The second-order valence-corrected chi connectivity index (χ2v) is 5.23.